The van der Waals surface area contributed by atoms with Crippen LogP contribution in [0.4, 0.5) is 0 Å². The quantitative estimate of drug-likeness (QED) is 0.634. The second kappa shape index (κ2) is 6.80. The molecule has 0 radical (unpaired) electrons. The molecule has 1 heterocycles. The third kappa shape index (κ3) is 4.18. The number of carbonyl (C=O) groups excluding carboxylic acids is 1. The third-order valence-electron chi connectivity index (χ3n) is 2.74. The fourth-order valence-corrected chi connectivity index (χ4v) is 1.78. The van der Waals surface area contributed by atoms with Crippen molar-refractivity contribution in [2.75, 3.05) is 26.2 Å². The average Bonchev–Trinajstić information content (AvgIpc) is 2.64. The van der Waals surface area contributed by atoms with Gasteiger partial charge < -0.3 is 15.4 Å². The van der Waals surface area contributed by atoms with Crippen molar-refractivity contribution in [2.45, 2.75) is 32.8 Å². The number of carbonyl (C=O) groups is 1. The lowest BCUT2D eigenvalue weighted by Gasteiger charge is -2.14. The van der Waals surface area contributed by atoms with Gasteiger partial charge in [0.05, 0.1) is 12.0 Å². The molecule has 1 saturated heterocycles. The van der Waals surface area contributed by atoms with Crippen LogP contribution in [0.15, 0.2) is 0 Å². The maximum Gasteiger partial charge on any atom is 0.225 e. The van der Waals surface area contributed by atoms with Crippen molar-refractivity contribution < 1.29 is 9.53 Å². The minimum atomic E-state index is 0.0520. The van der Waals surface area contributed by atoms with E-state index in [1.165, 1.54) is 0 Å². The van der Waals surface area contributed by atoms with Gasteiger partial charge in [-0.2, -0.15) is 0 Å². The van der Waals surface area contributed by atoms with E-state index in [0.717, 1.165) is 25.9 Å². The van der Waals surface area contributed by atoms with Gasteiger partial charge >= 0.3 is 0 Å². The van der Waals surface area contributed by atoms with Crippen molar-refractivity contribution in [1.82, 2.24) is 10.6 Å². The van der Waals surface area contributed by atoms with Gasteiger partial charge in [-0.25, -0.2) is 0 Å². The summed E-state index contributed by atoms with van der Waals surface area (Å²) in [4.78, 5) is 11.7. The highest BCUT2D eigenvalue weighted by atomic mass is 16.5. The molecule has 0 aromatic carbocycles. The third-order valence-corrected chi connectivity index (χ3v) is 2.74. The van der Waals surface area contributed by atoms with Gasteiger partial charge in [-0.1, -0.05) is 6.92 Å². The van der Waals surface area contributed by atoms with Crippen LogP contribution in [0.5, 0.6) is 0 Å². The molecule has 4 nitrogen and oxygen atoms in total. The summed E-state index contributed by atoms with van der Waals surface area (Å²) < 4.78 is 5.35. The Morgan fingerprint density at radius 1 is 1.40 bits per heavy atom. The highest BCUT2D eigenvalue weighted by molar-refractivity contribution is 5.79. The van der Waals surface area contributed by atoms with E-state index in [1.54, 1.807) is 0 Å². The second-order valence-electron chi connectivity index (χ2n) is 4.01. The summed E-state index contributed by atoms with van der Waals surface area (Å²) in [6.45, 7) is 7.38. The summed E-state index contributed by atoms with van der Waals surface area (Å²) in [6.07, 6.45) is 2.06. The summed E-state index contributed by atoms with van der Waals surface area (Å²) in [7, 11) is 0. The molecule has 2 unspecified atom stereocenters. The van der Waals surface area contributed by atoms with Gasteiger partial charge in [0.15, 0.2) is 0 Å². The largest absolute Gasteiger partial charge is 0.378 e. The molecule has 0 bridgehead atoms. The minimum absolute atomic E-state index is 0.0520. The molecule has 0 aromatic heterocycles. The Hall–Kier alpha value is -0.610. The molecule has 1 aliphatic heterocycles. The van der Waals surface area contributed by atoms with E-state index >= 15 is 0 Å². The molecule has 4 heteroatoms. The molecule has 15 heavy (non-hydrogen) atoms. The fourth-order valence-electron chi connectivity index (χ4n) is 1.78. The van der Waals surface area contributed by atoms with Crippen molar-refractivity contribution in [3.63, 3.8) is 0 Å². The van der Waals surface area contributed by atoms with Crippen molar-refractivity contribution in [3.05, 3.63) is 0 Å². The van der Waals surface area contributed by atoms with Gasteiger partial charge in [0.25, 0.3) is 0 Å². The first-order valence-corrected chi connectivity index (χ1v) is 5.85. The van der Waals surface area contributed by atoms with E-state index in [4.69, 9.17) is 4.74 Å². The summed E-state index contributed by atoms with van der Waals surface area (Å²) in [5.74, 6) is 0.189. The van der Waals surface area contributed by atoms with E-state index in [-0.39, 0.29) is 17.9 Å². The topological polar surface area (TPSA) is 50.4 Å². The molecule has 0 saturated carbocycles. The van der Waals surface area contributed by atoms with E-state index in [1.807, 2.05) is 6.92 Å². The van der Waals surface area contributed by atoms with Gasteiger partial charge in [0.1, 0.15) is 0 Å². The first kappa shape index (κ1) is 12.5. The van der Waals surface area contributed by atoms with Gasteiger partial charge in [-0.15, -0.1) is 0 Å². The molecule has 2 N–H and O–H groups in total. The monoisotopic (exact) mass is 214 g/mol. The molecule has 1 aliphatic rings. The predicted molar refractivity (Wildman–Crippen MR) is 59.7 cm³/mol. The van der Waals surface area contributed by atoms with Crippen molar-refractivity contribution in [2.24, 2.45) is 5.92 Å². The Morgan fingerprint density at radius 2 is 2.20 bits per heavy atom. The molecule has 1 fully saturated rings. The minimum Gasteiger partial charge on any atom is -0.378 e. The lowest BCUT2D eigenvalue weighted by atomic mass is 10.0. The summed E-state index contributed by atoms with van der Waals surface area (Å²) >= 11 is 0. The Labute approximate surface area is 91.8 Å². The van der Waals surface area contributed by atoms with E-state index in [2.05, 4.69) is 17.6 Å². The zero-order chi connectivity index (χ0) is 11.1. The predicted octanol–water partition coefficient (Wildman–Crippen LogP) is 0.527. The number of amides is 1. The highest BCUT2D eigenvalue weighted by Crippen LogP contribution is 2.19. The normalized spacial score (nSPS) is 25.5. The average molecular weight is 214 g/mol. The van der Waals surface area contributed by atoms with Gasteiger partial charge in [-0.05, 0) is 26.3 Å². The first-order chi connectivity index (χ1) is 7.25. The lowest BCUT2D eigenvalue weighted by molar-refractivity contribution is -0.126. The van der Waals surface area contributed by atoms with Crippen LogP contribution in [0.1, 0.15) is 26.7 Å². The van der Waals surface area contributed by atoms with E-state index in [9.17, 15) is 4.79 Å². The van der Waals surface area contributed by atoms with Crippen molar-refractivity contribution >= 4 is 5.91 Å². The van der Waals surface area contributed by atoms with Crippen LogP contribution in [0.3, 0.4) is 0 Å². The number of rotatable bonds is 6. The zero-order valence-corrected chi connectivity index (χ0v) is 9.71. The van der Waals surface area contributed by atoms with Crippen LogP contribution in [-0.4, -0.2) is 38.3 Å². The number of hydrogen-bond acceptors (Lipinski definition) is 3. The summed E-state index contributed by atoms with van der Waals surface area (Å²) in [5, 5.41) is 6.18. The van der Waals surface area contributed by atoms with Crippen molar-refractivity contribution in [3.8, 4) is 0 Å². The Morgan fingerprint density at radius 3 is 2.80 bits per heavy atom. The SMILES string of the molecule is CCCNCCNC(=O)C1CCOC1C. The Kier molecular flexibility index (Phi) is 5.65. The maximum absolute atomic E-state index is 11.7. The summed E-state index contributed by atoms with van der Waals surface area (Å²) in [5.41, 5.74) is 0. The fraction of sp³-hybridized carbons (Fsp3) is 0.909. The molecule has 0 aliphatic carbocycles. The maximum atomic E-state index is 11.7. The Bertz CT molecular complexity index is 197. The zero-order valence-electron chi connectivity index (χ0n) is 9.71. The van der Waals surface area contributed by atoms with Crippen LogP contribution in [-0.2, 0) is 9.53 Å². The van der Waals surface area contributed by atoms with E-state index < -0.39 is 0 Å². The van der Waals surface area contributed by atoms with Crippen LogP contribution in [0.25, 0.3) is 0 Å². The standard InChI is InChI=1S/C11H22N2O2/c1-3-5-12-6-7-13-11(14)10-4-8-15-9(10)2/h9-10,12H,3-8H2,1-2H3,(H,13,14). The lowest BCUT2D eigenvalue weighted by Crippen LogP contribution is -2.38. The van der Waals surface area contributed by atoms with E-state index in [0.29, 0.717) is 13.2 Å². The molecule has 2 atom stereocenters. The molecule has 0 aromatic rings. The van der Waals surface area contributed by atoms with Gasteiger partial charge in [-0.3, -0.25) is 4.79 Å². The smallest absolute Gasteiger partial charge is 0.225 e. The molecular formula is C11H22N2O2. The van der Waals surface area contributed by atoms with Crippen molar-refractivity contribution in [1.29, 1.82) is 0 Å². The molecule has 0 spiro atoms. The van der Waals surface area contributed by atoms with Crippen LogP contribution >= 0.6 is 0 Å². The highest BCUT2D eigenvalue weighted by Gasteiger charge is 2.30. The number of ether oxygens (including phenoxy) is 1. The molecule has 1 rings (SSSR count). The molecule has 88 valence electrons. The van der Waals surface area contributed by atoms with Crippen LogP contribution in [0.2, 0.25) is 0 Å². The molecule has 1 amide bonds. The van der Waals surface area contributed by atoms with Gasteiger partial charge in [0, 0.05) is 19.7 Å². The summed E-state index contributed by atoms with van der Waals surface area (Å²) in [6, 6.07) is 0. The molecular weight excluding hydrogens is 192 g/mol. The van der Waals surface area contributed by atoms with Gasteiger partial charge in [0.2, 0.25) is 5.91 Å². The number of nitrogens with one attached hydrogen (secondary N) is 2. The Balaban J connectivity index is 2.08. The first-order valence-electron chi connectivity index (χ1n) is 5.85. The second-order valence-corrected chi connectivity index (χ2v) is 4.01. The van der Waals surface area contributed by atoms with Crippen LogP contribution in [0, 0.1) is 5.92 Å². The number of hydrogen-bond donors (Lipinski definition) is 2. The van der Waals surface area contributed by atoms with Crippen LogP contribution < -0.4 is 10.6 Å².